The number of aromatic nitrogens is 1. The largest absolute Gasteiger partial charge is 0.487 e. The van der Waals surface area contributed by atoms with Crippen molar-refractivity contribution in [2.24, 2.45) is 0 Å². The molecule has 1 aromatic heterocycles. The summed E-state index contributed by atoms with van der Waals surface area (Å²) in [6.07, 6.45) is 1.83. The van der Waals surface area contributed by atoms with Gasteiger partial charge in [-0.25, -0.2) is 9.78 Å². The number of likely N-dealkylation sites (N-methyl/N-ethyl adjacent to an activating group) is 1. The van der Waals surface area contributed by atoms with E-state index in [1.165, 1.54) is 4.90 Å². The Balaban J connectivity index is 0.00000325. The SMILES string of the molecule is Cc1ccc2cccc(OCc3c(Cl)ccc(N(C)C(=O)CNC(=O)Nc4cccc(C(=O)N5CCC(N(C)C)CC5)c4)c3Cl)c2n1.Cl.Cl. The average Bonchev–Trinajstić information content (AvgIpc) is 3.06. The van der Waals surface area contributed by atoms with Crippen molar-refractivity contribution in [2.75, 3.05) is 51.0 Å². The fraction of sp³-hybridized carbons (Fsp3) is 0.314. The number of piperidine rings is 1. The summed E-state index contributed by atoms with van der Waals surface area (Å²) in [5, 5.41) is 6.88. The van der Waals surface area contributed by atoms with E-state index in [4.69, 9.17) is 27.9 Å². The second-order valence-electron chi connectivity index (χ2n) is 11.8. The highest BCUT2D eigenvalue weighted by molar-refractivity contribution is 6.38. The van der Waals surface area contributed by atoms with E-state index in [2.05, 4.69) is 34.6 Å². The van der Waals surface area contributed by atoms with Gasteiger partial charge in [0.2, 0.25) is 5.91 Å². The quantitative estimate of drug-likeness (QED) is 0.187. The van der Waals surface area contributed by atoms with Crippen molar-refractivity contribution < 1.29 is 19.1 Å². The van der Waals surface area contributed by atoms with E-state index < -0.39 is 11.9 Å². The van der Waals surface area contributed by atoms with Crippen LogP contribution in [0, 0.1) is 6.92 Å². The topological polar surface area (TPSA) is 107 Å². The van der Waals surface area contributed by atoms with Crippen molar-refractivity contribution in [2.45, 2.75) is 32.4 Å². The number of anilines is 2. The summed E-state index contributed by atoms with van der Waals surface area (Å²) in [5.41, 5.74) is 3.45. The first kappa shape index (κ1) is 39.6. The van der Waals surface area contributed by atoms with Crippen molar-refractivity contribution in [1.82, 2.24) is 20.1 Å². The molecular formula is C35H40Cl4N6O4. The number of carbonyl (C=O) groups excluding carboxylic acids is 3. The molecule has 0 atom stereocenters. The van der Waals surface area contributed by atoms with Crippen molar-refractivity contribution in [3.63, 3.8) is 0 Å². The lowest BCUT2D eigenvalue weighted by Crippen LogP contribution is -2.44. The lowest BCUT2D eigenvalue weighted by atomic mass is 10.0. The summed E-state index contributed by atoms with van der Waals surface area (Å²) in [6.45, 7) is 3.04. The molecule has 4 aromatic rings. The number of urea groups is 1. The monoisotopic (exact) mass is 748 g/mol. The molecule has 49 heavy (non-hydrogen) atoms. The fourth-order valence-electron chi connectivity index (χ4n) is 5.54. The number of halogens is 4. The molecule has 1 aliphatic heterocycles. The molecule has 2 N–H and O–H groups in total. The average molecular weight is 751 g/mol. The molecule has 0 unspecified atom stereocenters. The molecule has 262 valence electrons. The predicted octanol–water partition coefficient (Wildman–Crippen LogP) is 7.22. The Morgan fingerprint density at radius 2 is 1.67 bits per heavy atom. The molecule has 0 aliphatic carbocycles. The first-order chi connectivity index (χ1) is 22.5. The van der Waals surface area contributed by atoms with Crippen LogP contribution in [0.25, 0.3) is 10.9 Å². The maximum Gasteiger partial charge on any atom is 0.319 e. The van der Waals surface area contributed by atoms with Gasteiger partial charge < -0.3 is 30.1 Å². The van der Waals surface area contributed by atoms with Crippen LogP contribution in [0.15, 0.2) is 66.7 Å². The zero-order valence-electron chi connectivity index (χ0n) is 27.7. The Bertz CT molecular complexity index is 1800. The van der Waals surface area contributed by atoms with E-state index in [9.17, 15) is 14.4 Å². The minimum atomic E-state index is -0.585. The molecule has 5 rings (SSSR count). The van der Waals surface area contributed by atoms with Gasteiger partial charge in [-0.1, -0.05) is 47.5 Å². The number of hydrogen-bond donors (Lipinski definition) is 2. The highest BCUT2D eigenvalue weighted by Crippen LogP contribution is 2.35. The number of ether oxygens (including phenoxy) is 1. The smallest absolute Gasteiger partial charge is 0.319 e. The van der Waals surface area contributed by atoms with Gasteiger partial charge in [-0.15, -0.1) is 24.8 Å². The summed E-state index contributed by atoms with van der Waals surface area (Å²) in [5.74, 6) is 0.106. The molecular weight excluding hydrogens is 710 g/mol. The molecule has 0 radical (unpaired) electrons. The fourth-order valence-corrected chi connectivity index (χ4v) is 6.15. The van der Waals surface area contributed by atoms with Crippen molar-refractivity contribution in [1.29, 1.82) is 0 Å². The van der Waals surface area contributed by atoms with E-state index >= 15 is 0 Å². The van der Waals surface area contributed by atoms with Gasteiger partial charge >= 0.3 is 6.03 Å². The van der Waals surface area contributed by atoms with Crippen molar-refractivity contribution in [3.8, 4) is 5.75 Å². The molecule has 14 heteroatoms. The minimum Gasteiger partial charge on any atom is -0.487 e. The summed E-state index contributed by atoms with van der Waals surface area (Å²) in [7, 11) is 5.68. The van der Waals surface area contributed by atoms with E-state index in [0.717, 1.165) is 29.4 Å². The summed E-state index contributed by atoms with van der Waals surface area (Å²) in [6, 6.07) is 19.5. The zero-order valence-corrected chi connectivity index (χ0v) is 30.8. The molecule has 2 heterocycles. The second kappa shape index (κ2) is 17.7. The summed E-state index contributed by atoms with van der Waals surface area (Å²) >= 11 is 13.2. The molecule has 0 bridgehead atoms. The van der Waals surface area contributed by atoms with E-state index in [-0.39, 0.29) is 48.9 Å². The van der Waals surface area contributed by atoms with Gasteiger partial charge in [0, 0.05) is 59.1 Å². The highest BCUT2D eigenvalue weighted by atomic mass is 35.5. The van der Waals surface area contributed by atoms with Crippen LogP contribution in [-0.2, 0) is 11.4 Å². The van der Waals surface area contributed by atoms with Gasteiger partial charge in [-0.05, 0) is 76.3 Å². The summed E-state index contributed by atoms with van der Waals surface area (Å²) in [4.78, 5) is 48.9. The maximum atomic E-state index is 13.1. The molecule has 3 aromatic carbocycles. The van der Waals surface area contributed by atoms with Gasteiger partial charge in [0.1, 0.15) is 17.9 Å². The third-order valence-corrected chi connectivity index (χ3v) is 9.12. The van der Waals surface area contributed by atoms with Gasteiger partial charge in [0.25, 0.3) is 5.91 Å². The number of para-hydroxylation sites is 1. The standard InChI is InChI=1S/C35H38Cl2N6O4.2ClH/c1-22-11-12-23-7-6-10-30(33(23)39-22)47-21-27-28(36)13-14-29(32(27)37)42(4)31(44)20-38-35(46)40-25-9-5-8-24(19-25)34(45)43-17-15-26(16-18-43)41(2)3;;/h5-14,19,26H,15-18,20-21H2,1-4H3,(H2,38,40,46);2*1H. The van der Waals surface area contributed by atoms with Crippen LogP contribution in [0.4, 0.5) is 16.2 Å². The highest BCUT2D eigenvalue weighted by Gasteiger charge is 2.25. The Kier molecular flexibility index (Phi) is 14.3. The molecule has 1 saturated heterocycles. The van der Waals surface area contributed by atoms with Crippen molar-refractivity contribution >= 4 is 88.1 Å². The van der Waals surface area contributed by atoms with Crippen LogP contribution < -0.4 is 20.3 Å². The van der Waals surface area contributed by atoms with Gasteiger partial charge in [-0.2, -0.15) is 0 Å². The number of aryl methyl sites for hydroxylation is 1. The number of pyridine rings is 1. The minimum absolute atomic E-state index is 0. The Morgan fingerprint density at radius 3 is 2.39 bits per heavy atom. The molecule has 10 nitrogen and oxygen atoms in total. The van der Waals surface area contributed by atoms with Crippen molar-refractivity contribution in [3.05, 3.63) is 93.6 Å². The third kappa shape index (κ3) is 9.67. The van der Waals surface area contributed by atoms with Crippen LogP contribution >= 0.6 is 48.0 Å². The molecule has 0 spiro atoms. The first-order valence-electron chi connectivity index (χ1n) is 15.3. The molecule has 1 fully saturated rings. The number of nitrogens with zero attached hydrogens (tertiary/aromatic N) is 4. The van der Waals surface area contributed by atoms with Crippen LogP contribution in [0.3, 0.4) is 0 Å². The number of benzene rings is 3. The second-order valence-corrected chi connectivity index (χ2v) is 12.5. The van der Waals surface area contributed by atoms with Gasteiger partial charge in [0.15, 0.2) is 0 Å². The molecule has 4 amide bonds. The Morgan fingerprint density at radius 1 is 0.959 bits per heavy atom. The molecule has 1 aliphatic rings. The number of hydrogen-bond acceptors (Lipinski definition) is 6. The number of nitrogens with one attached hydrogen (secondary N) is 2. The normalized spacial score (nSPS) is 12.9. The van der Waals surface area contributed by atoms with Crippen LogP contribution in [0.5, 0.6) is 5.75 Å². The lowest BCUT2D eigenvalue weighted by Gasteiger charge is -2.35. The maximum absolute atomic E-state index is 13.1. The van der Waals surface area contributed by atoms with E-state index in [0.29, 0.717) is 52.4 Å². The Hall–Kier alpha value is -3.80. The summed E-state index contributed by atoms with van der Waals surface area (Å²) < 4.78 is 6.10. The number of carbonyl (C=O) groups is 3. The third-order valence-electron chi connectivity index (χ3n) is 8.35. The first-order valence-corrected chi connectivity index (χ1v) is 16.1. The van der Waals surface area contributed by atoms with E-state index in [1.807, 2.05) is 42.2 Å². The van der Waals surface area contributed by atoms with Crippen LogP contribution in [0.1, 0.15) is 34.5 Å². The number of fused-ring (bicyclic) bond motifs is 1. The van der Waals surface area contributed by atoms with E-state index in [1.54, 1.807) is 43.4 Å². The zero-order chi connectivity index (χ0) is 33.7. The predicted molar refractivity (Wildman–Crippen MR) is 201 cm³/mol. The molecule has 0 saturated carbocycles. The Labute approximate surface area is 308 Å². The number of likely N-dealkylation sites (tertiary alicyclic amines) is 1. The lowest BCUT2D eigenvalue weighted by molar-refractivity contribution is -0.117. The number of rotatable bonds is 9. The van der Waals surface area contributed by atoms with Gasteiger partial charge in [-0.3, -0.25) is 9.59 Å². The van der Waals surface area contributed by atoms with Crippen LogP contribution in [-0.4, -0.2) is 79.4 Å². The van der Waals surface area contributed by atoms with Crippen LogP contribution in [0.2, 0.25) is 10.0 Å². The van der Waals surface area contributed by atoms with Gasteiger partial charge in [0.05, 0.1) is 17.3 Å². The number of amides is 4.